The van der Waals surface area contributed by atoms with Crippen LogP contribution in [-0.4, -0.2) is 5.11 Å². The Kier molecular flexibility index (Phi) is 2.17. The number of benzene rings is 1. The molecule has 0 spiro atoms. The molecule has 2 rings (SSSR count). The van der Waals surface area contributed by atoms with Crippen LogP contribution in [0.3, 0.4) is 0 Å². The largest absolute Gasteiger partial charge is 0.506 e. The number of rotatable bonds is 1. The van der Waals surface area contributed by atoms with Crippen molar-refractivity contribution in [1.82, 2.24) is 0 Å². The predicted octanol–water partition coefficient (Wildman–Crippen LogP) is 1.91. The molecule has 0 amide bonds. The Morgan fingerprint density at radius 1 is 1.47 bits per heavy atom. The molecule has 0 unspecified atom stereocenters. The number of hydrogen-bond donors (Lipinski definition) is 2. The highest BCUT2D eigenvalue weighted by Gasteiger charge is 2.35. The SMILES string of the molecule is Cc1cc(C2(N)CCC2)cc(C#N)c1O. The maximum absolute atomic E-state index is 9.62. The number of phenols is 1. The summed E-state index contributed by atoms with van der Waals surface area (Å²) in [5.74, 6) is 0.0733. The van der Waals surface area contributed by atoms with Gasteiger partial charge < -0.3 is 10.8 Å². The van der Waals surface area contributed by atoms with Gasteiger partial charge in [0.1, 0.15) is 11.8 Å². The van der Waals surface area contributed by atoms with Gasteiger partial charge in [0.05, 0.1) is 5.56 Å². The van der Waals surface area contributed by atoms with Crippen molar-refractivity contribution in [2.75, 3.05) is 0 Å². The normalized spacial score (nSPS) is 17.9. The van der Waals surface area contributed by atoms with Crippen molar-refractivity contribution in [3.8, 4) is 11.8 Å². The summed E-state index contributed by atoms with van der Waals surface area (Å²) in [5.41, 5.74) is 7.92. The predicted molar refractivity (Wildman–Crippen MR) is 57.3 cm³/mol. The summed E-state index contributed by atoms with van der Waals surface area (Å²) in [6, 6.07) is 5.59. The highest BCUT2D eigenvalue weighted by molar-refractivity contribution is 5.51. The minimum atomic E-state index is -0.274. The molecule has 1 saturated carbocycles. The van der Waals surface area contributed by atoms with Crippen LogP contribution in [0, 0.1) is 18.3 Å². The molecular formula is C12H14N2O. The molecule has 3 heteroatoms. The van der Waals surface area contributed by atoms with E-state index in [2.05, 4.69) is 0 Å². The van der Waals surface area contributed by atoms with Gasteiger partial charge in [0, 0.05) is 5.54 Å². The number of aryl methyl sites for hydroxylation is 1. The summed E-state index contributed by atoms with van der Waals surface area (Å²) in [6.07, 6.45) is 3.06. The number of nitriles is 1. The van der Waals surface area contributed by atoms with E-state index in [1.54, 1.807) is 13.0 Å². The van der Waals surface area contributed by atoms with E-state index in [1.807, 2.05) is 12.1 Å². The summed E-state index contributed by atoms with van der Waals surface area (Å²) < 4.78 is 0. The van der Waals surface area contributed by atoms with Crippen molar-refractivity contribution in [2.45, 2.75) is 31.7 Å². The molecule has 15 heavy (non-hydrogen) atoms. The number of nitrogens with zero attached hydrogens (tertiary/aromatic N) is 1. The van der Waals surface area contributed by atoms with Gasteiger partial charge >= 0.3 is 0 Å². The van der Waals surface area contributed by atoms with Gasteiger partial charge in [-0.1, -0.05) is 6.07 Å². The third kappa shape index (κ3) is 1.47. The molecule has 3 N–H and O–H groups in total. The first-order chi connectivity index (χ1) is 7.07. The van der Waals surface area contributed by atoms with Crippen LogP contribution in [-0.2, 0) is 5.54 Å². The van der Waals surface area contributed by atoms with Gasteiger partial charge in [0.15, 0.2) is 0 Å². The monoisotopic (exact) mass is 202 g/mol. The fourth-order valence-corrected chi connectivity index (χ4v) is 2.00. The fourth-order valence-electron chi connectivity index (χ4n) is 2.00. The first kappa shape index (κ1) is 10.0. The smallest absolute Gasteiger partial charge is 0.136 e. The first-order valence-corrected chi connectivity index (χ1v) is 5.10. The van der Waals surface area contributed by atoms with Crippen molar-refractivity contribution in [3.05, 3.63) is 28.8 Å². The first-order valence-electron chi connectivity index (χ1n) is 5.10. The molecule has 1 fully saturated rings. The molecule has 0 radical (unpaired) electrons. The summed E-state index contributed by atoms with van der Waals surface area (Å²) in [5, 5.41) is 18.5. The van der Waals surface area contributed by atoms with E-state index in [0.717, 1.165) is 30.4 Å². The van der Waals surface area contributed by atoms with Crippen LogP contribution in [0.5, 0.6) is 5.75 Å². The van der Waals surface area contributed by atoms with Crippen LogP contribution >= 0.6 is 0 Å². The van der Waals surface area contributed by atoms with Gasteiger partial charge in [0.25, 0.3) is 0 Å². The summed E-state index contributed by atoms with van der Waals surface area (Å²) in [6.45, 7) is 1.79. The van der Waals surface area contributed by atoms with Gasteiger partial charge in [-0.25, -0.2) is 0 Å². The van der Waals surface area contributed by atoms with Crippen LogP contribution in [0.4, 0.5) is 0 Å². The van der Waals surface area contributed by atoms with E-state index in [9.17, 15) is 5.11 Å². The lowest BCUT2D eigenvalue weighted by Crippen LogP contribution is -2.43. The molecular weight excluding hydrogens is 188 g/mol. The zero-order valence-corrected chi connectivity index (χ0v) is 8.75. The van der Waals surface area contributed by atoms with Gasteiger partial charge in [0.2, 0.25) is 0 Å². The van der Waals surface area contributed by atoms with E-state index >= 15 is 0 Å². The van der Waals surface area contributed by atoms with E-state index in [1.165, 1.54) is 0 Å². The van der Waals surface area contributed by atoms with Crippen molar-refractivity contribution in [2.24, 2.45) is 5.73 Å². The molecule has 78 valence electrons. The molecule has 0 aliphatic heterocycles. The maximum atomic E-state index is 9.62. The van der Waals surface area contributed by atoms with Crippen molar-refractivity contribution in [1.29, 1.82) is 5.26 Å². The summed E-state index contributed by atoms with van der Waals surface area (Å²) in [7, 11) is 0. The standard InChI is InChI=1S/C12H14N2O/c1-8-5-10(12(14)3-2-4-12)6-9(7-13)11(8)15/h5-6,15H,2-4,14H2,1H3. The van der Waals surface area contributed by atoms with Crippen LogP contribution < -0.4 is 5.73 Å². The Morgan fingerprint density at radius 2 is 2.13 bits per heavy atom. The van der Waals surface area contributed by atoms with Crippen molar-refractivity contribution >= 4 is 0 Å². The number of aromatic hydroxyl groups is 1. The summed E-state index contributed by atoms with van der Waals surface area (Å²) >= 11 is 0. The van der Waals surface area contributed by atoms with E-state index in [0.29, 0.717) is 5.56 Å². The zero-order valence-electron chi connectivity index (χ0n) is 8.75. The average Bonchev–Trinajstić information content (AvgIpc) is 2.18. The Hall–Kier alpha value is -1.53. The summed E-state index contributed by atoms with van der Waals surface area (Å²) in [4.78, 5) is 0. The molecule has 3 nitrogen and oxygen atoms in total. The number of nitrogens with two attached hydrogens (primary N) is 1. The molecule has 0 bridgehead atoms. The minimum absolute atomic E-state index is 0.0733. The Bertz CT molecular complexity index is 442. The third-order valence-electron chi connectivity index (χ3n) is 3.24. The number of hydrogen-bond acceptors (Lipinski definition) is 3. The Balaban J connectivity index is 2.51. The molecule has 1 aromatic rings. The Labute approximate surface area is 89.1 Å². The quantitative estimate of drug-likeness (QED) is 0.730. The van der Waals surface area contributed by atoms with Gasteiger partial charge in [-0.3, -0.25) is 0 Å². The van der Waals surface area contributed by atoms with Gasteiger partial charge in [-0.15, -0.1) is 0 Å². The van der Waals surface area contributed by atoms with Crippen LogP contribution in [0.25, 0.3) is 0 Å². The number of phenolic OH excluding ortho intramolecular Hbond substituents is 1. The van der Waals surface area contributed by atoms with Gasteiger partial charge in [-0.2, -0.15) is 5.26 Å². The second kappa shape index (κ2) is 3.25. The molecule has 1 aromatic carbocycles. The van der Waals surface area contributed by atoms with Crippen molar-refractivity contribution < 1.29 is 5.11 Å². The van der Waals surface area contributed by atoms with Crippen LogP contribution in [0.1, 0.15) is 36.0 Å². The zero-order chi connectivity index (χ0) is 11.1. The lowest BCUT2D eigenvalue weighted by Gasteiger charge is -2.39. The van der Waals surface area contributed by atoms with E-state index in [4.69, 9.17) is 11.0 Å². The highest BCUT2D eigenvalue weighted by Crippen LogP contribution is 2.40. The molecule has 0 saturated heterocycles. The third-order valence-corrected chi connectivity index (χ3v) is 3.24. The molecule has 0 heterocycles. The molecule has 0 aromatic heterocycles. The lowest BCUT2D eigenvalue weighted by atomic mass is 9.72. The topological polar surface area (TPSA) is 70.0 Å². The second-order valence-electron chi connectivity index (χ2n) is 4.31. The van der Waals surface area contributed by atoms with Crippen LogP contribution in [0.2, 0.25) is 0 Å². The average molecular weight is 202 g/mol. The van der Waals surface area contributed by atoms with Gasteiger partial charge in [-0.05, 0) is 43.4 Å². The minimum Gasteiger partial charge on any atom is -0.506 e. The fraction of sp³-hybridized carbons (Fsp3) is 0.417. The lowest BCUT2D eigenvalue weighted by molar-refractivity contribution is 0.253. The van der Waals surface area contributed by atoms with E-state index < -0.39 is 0 Å². The molecule has 1 aliphatic carbocycles. The van der Waals surface area contributed by atoms with E-state index in [-0.39, 0.29) is 11.3 Å². The molecule has 1 aliphatic rings. The van der Waals surface area contributed by atoms with Crippen molar-refractivity contribution in [3.63, 3.8) is 0 Å². The highest BCUT2D eigenvalue weighted by atomic mass is 16.3. The maximum Gasteiger partial charge on any atom is 0.136 e. The Morgan fingerprint density at radius 3 is 2.60 bits per heavy atom. The van der Waals surface area contributed by atoms with Crippen LogP contribution in [0.15, 0.2) is 12.1 Å². The molecule has 0 atom stereocenters. The second-order valence-corrected chi connectivity index (χ2v) is 4.31.